The highest BCUT2D eigenvalue weighted by Gasteiger charge is 2.03. The fraction of sp³-hybridized carbons (Fsp3) is 0.200. The van der Waals surface area contributed by atoms with Crippen molar-refractivity contribution in [3.63, 3.8) is 0 Å². The van der Waals surface area contributed by atoms with Gasteiger partial charge in [0.15, 0.2) is 0 Å². The zero-order valence-electron chi connectivity index (χ0n) is 8.19. The molecule has 15 heavy (non-hydrogen) atoms. The highest BCUT2D eigenvalue weighted by Crippen LogP contribution is 2.03. The molecular weight excluding hydrogens is 198 g/mol. The molecule has 0 fully saturated rings. The van der Waals surface area contributed by atoms with Crippen molar-refractivity contribution in [1.82, 2.24) is 4.98 Å². The van der Waals surface area contributed by atoms with E-state index in [2.05, 4.69) is 9.72 Å². The van der Waals surface area contributed by atoms with Gasteiger partial charge >= 0.3 is 11.9 Å². The fourth-order valence-corrected chi connectivity index (χ4v) is 0.982. The maximum Gasteiger partial charge on any atom is 0.352 e. The van der Waals surface area contributed by atoms with Crippen LogP contribution in [-0.4, -0.2) is 28.6 Å². The van der Waals surface area contributed by atoms with E-state index in [4.69, 9.17) is 5.11 Å². The van der Waals surface area contributed by atoms with Crippen LogP contribution >= 0.6 is 0 Å². The monoisotopic (exact) mass is 209 g/mol. The van der Waals surface area contributed by atoms with Gasteiger partial charge in [0.1, 0.15) is 5.69 Å². The summed E-state index contributed by atoms with van der Waals surface area (Å²) in [5.74, 6) is -1.49. The summed E-state index contributed by atoms with van der Waals surface area (Å²) >= 11 is 0. The van der Waals surface area contributed by atoms with Gasteiger partial charge in [-0.05, 0) is 25.1 Å². The number of carbonyl (C=O) groups is 2. The van der Waals surface area contributed by atoms with Crippen LogP contribution in [0.5, 0.6) is 0 Å². The Morgan fingerprint density at radius 3 is 2.80 bits per heavy atom. The Morgan fingerprint density at radius 2 is 2.27 bits per heavy atom. The number of aromatic nitrogens is 1. The molecule has 0 unspecified atom stereocenters. The van der Waals surface area contributed by atoms with Crippen molar-refractivity contribution in [2.45, 2.75) is 6.92 Å². The van der Waals surface area contributed by atoms with Gasteiger partial charge in [0, 0.05) is 11.8 Å². The lowest BCUT2D eigenvalue weighted by Crippen LogP contribution is -1.98. The summed E-state index contributed by atoms with van der Waals surface area (Å²) < 4.78 is 4.66. The molecule has 1 aromatic rings. The van der Waals surface area contributed by atoms with Crippen molar-refractivity contribution in [2.75, 3.05) is 6.61 Å². The second kappa shape index (κ2) is 4.99. The summed E-state index contributed by atoms with van der Waals surface area (Å²) in [6.07, 6.45) is 2.70. The van der Waals surface area contributed by atoms with Crippen LogP contribution in [0.2, 0.25) is 0 Å². The van der Waals surface area contributed by atoms with Crippen LogP contribution in [0, 0.1) is 0 Å². The lowest BCUT2D eigenvalue weighted by atomic mass is 10.4. The fourth-order valence-electron chi connectivity index (χ4n) is 0.982. The minimum absolute atomic E-state index is 0.0820. The summed E-state index contributed by atoms with van der Waals surface area (Å²) in [4.78, 5) is 24.0. The molecule has 0 atom stereocenters. The van der Waals surface area contributed by atoms with Crippen LogP contribution in [-0.2, 0) is 9.53 Å². The first-order valence-electron chi connectivity index (χ1n) is 4.40. The molecule has 0 aliphatic carbocycles. The molecule has 1 heterocycles. The number of nitrogens with one attached hydrogen (secondary N) is 1. The van der Waals surface area contributed by atoms with Crippen molar-refractivity contribution >= 4 is 18.0 Å². The second-order valence-electron chi connectivity index (χ2n) is 2.72. The Morgan fingerprint density at radius 1 is 1.53 bits per heavy atom. The third kappa shape index (κ3) is 3.30. The topological polar surface area (TPSA) is 79.4 Å². The smallest absolute Gasteiger partial charge is 0.352 e. The van der Waals surface area contributed by atoms with Gasteiger partial charge in [-0.15, -0.1) is 0 Å². The Bertz CT molecular complexity index is 392. The molecule has 2 N–H and O–H groups in total. The van der Waals surface area contributed by atoms with Crippen LogP contribution in [0.15, 0.2) is 18.2 Å². The van der Waals surface area contributed by atoms with Crippen molar-refractivity contribution in [2.24, 2.45) is 0 Å². The molecular formula is C10H11NO4. The number of hydrogen-bond acceptors (Lipinski definition) is 3. The van der Waals surface area contributed by atoms with Crippen molar-refractivity contribution in [3.05, 3.63) is 29.6 Å². The van der Waals surface area contributed by atoms with Gasteiger partial charge in [0.25, 0.3) is 0 Å². The molecule has 0 bridgehead atoms. The number of ether oxygens (including phenoxy) is 1. The van der Waals surface area contributed by atoms with E-state index in [0.717, 1.165) is 0 Å². The van der Waals surface area contributed by atoms with E-state index in [-0.39, 0.29) is 5.69 Å². The molecule has 5 nitrogen and oxygen atoms in total. The maximum atomic E-state index is 10.9. The summed E-state index contributed by atoms with van der Waals surface area (Å²) in [5, 5.41) is 8.61. The number of H-pyrrole nitrogens is 1. The molecule has 0 radical (unpaired) electrons. The Hall–Kier alpha value is -2.04. The standard InChI is InChI=1S/C10H11NO4/c1-2-15-9(12)6-4-7-3-5-8(11-7)10(13)14/h3-6,11H,2H2,1H3,(H,13,14)/b6-4+. The summed E-state index contributed by atoms with van der Waals surface area (Å²) in [5.41, 5.74) is 0.624. The van der Waals surface area contributed by atoms with E-state index in [9.17, 15) is 9.59 Å². The van der Waals surface area contributed by atoms with Gasteiger partial charge in [0.05, 0.1) is 6.61 Å². The quantitative estimate of drug-likeness (QED) is 0.578. The number of carboxylic acids is 1. The molecule has 1 aromatic heterocycles. The van der Waals surface area contributed by atoms with Crippen LogP contribution in [0.1, 0.15) is 23.1 Å². The van der Waals surface area contributed by atoms with E-state index in [0.29, 0.717) is 12.3 Å². The minimum atomic E-state index is -1.04. The molecule has 0 spiro atoms. The molecule has 0 aromatic carbocycles. The average molecular weight is 209 g/mol. The number of esters is 1. The number of carbonyl (C=O) groups excluding carboxylic acids is 1. The lowest BCUT2D eigenvalue weighted by Gasteiger charge is -1.93. The first-order chi connectivity index (χ1) is 7.13. The zero-order chi connectivity index (χ0) is 11.3. The Balaban J connectivity index is 2.64. The van der Waals surface area contributed by atoms with Gasteiger partial charge in [0.2, 0.25) is 0 Å². The second-order valence-corrected chi connectivity index (χ2v) is 2.72. The predicted octanol–water partition coefficient (Wildman–Crippen LogP) is 1.29. The van der Waals surface area contributed by atoms with Gasteiger partial charge in [-0.25, -0.2) is 9.59 Å². The van der Waals surface area contributed by atoms with Crippen LogP contribution < -0.4 is 0 Å². The molecule has 0 aliphatic rings. The average Bonchev–Trinajstić information content (AvgIpc) is 2.63. The number of aromatic amines is 1. The molecule has 1 rings (SSSR count). The number of aromatic carboxylic acids is 1. The number of carboxylic acid groups (broad SMARTS) is 1. The van der Waals surface area contributed by atoms with Crippen LogP contribution in [0.25, 0.3) is 6.08 Å². The van der Waals surface area contributed by atoms with E-state index >= 15 is 0 Å². The molecule has 0 aliphatic heterocycles. The SMILES string of the molecule is CCOC(=O)/C=C/c1ccc(C(=O)O)[nH]1. The minimum Gasteiger partial charge on any atom is -0.477 e. The molecule has 0 saturated carbocycles. The Kier molecular flexibility index (Phi) is 3.68. The van der Waals surface area contributed by atoms with Gasteiger partial charge < -0.3 is 14.8 Å². The van der Waals surface area contributed by atoms with Crippen LogP contribution in [0.4, 0.5) is 0 Å². The van der Waals surface area contributed by atoms with Crippen LogP contribution in [0.3, 0.4) is 0 Å². The predicted molar refractivity (Wildman–Crippen MR) is 53.4 cm³/mol. The third-order valence-corrected chi connectivity index (χ3v) is 1.62. The third-order valence-electron chi connectivity index (χ3n) is 1.62. The maximum absolute atomic E-state index is 10.9. The zero-order valence-corrected chi connectivity index (χ0v) is 8.19. The van der Waals surface area contributed by atoms with E-state index < -0.39 is 11.9 Å². The molecule has 80 valence electrons. The number of hydrogen-bond donors (Lipinski definition) is 2. The normalized spacial score (nSPS) is 10.5. The first-order valence-corrected chi connectivity index (χ1v) is 4.40. The summed E-state index contributed by atoms with van der Waals surface area (Å²) in [7, 11) is 0. The molecule has 0 amide bonds. The highest BCUT2D eigenvalue weighted by molar-refractivity contribution is 5.88. The van der Waals surface area contributed by atoms with Crippen molar-refractivity contribution in [1.29, 1.82) is 0 Å². The van der Waals surface area contributed by atoms with E-state index in [1.54, 1.807) is 13.0 Å². The van der Waals surface area contributed by atoms with Crippen molar-refractivity contribution < 1.29 is 19.4 Å². The summed E-state index contributed by atoms with van der Waals surface area (Å²) in [6, 6.07) is 2.99. The molecule has 5 heteroatoms. The molecule has 0 saturated heterocycles. The highest BCUT2D eigenvalue weighted by atomic mass is 16.5. The van der Waals surface area contributed by atoms with Gasteiger partial charge in [-0.2, -0.15) is 0 Å². The summed E-state index contributed by atoms with van der Waals surface area (Å²) in [6.45, 7) is 2.02. The lowest BCUT2D eigenvalue weighted by molar-refractivity contribution is -0.137. The van der Waals surface area contributed by atoms with E-state index in [1.807, 2.05) is 0 Å². The first kappa shape index (κ1) is 11.0. The number of rotatable bonds is 4. The van der Waals surface area contributed by atoms with Gasteiger partial charge in [-0.3, -0.25) is 0 Å². The van der Waals surface area contributed by atoms with Crippen molar-refractivity contribution in [3.8, 4) is 0 Å². The Labute approximate surface area is 86.4 Å². The largest absolute Gasteiger partial charge is 0.477 e. The van der Waals surface area contributed by atoms with Gasteiger partial charge in [-0.1, -0.05) is 0 Å². The van der Waals surface area contributed by atoms with E-state index in [1.165, 1.54) is 18.2 Å².